The summed E-state index contributed by atoms with van der Waals surface area (Å²) in [6.45, 7) is 0. The van der Waals surface area contributed by atoms with Gasteiger partial charge >= 0.3 is 0 Å². The van der Waals surface area contributed by atoms with Gasteiger partial charge in [0.2, 0.25) is 0 Å². The van der Waals surface area contributed by atoms with Crippen molar-refractivity contribution in [3.63, 3.8) is 0 Å². The average Bonchev–Trinajstić information content (AvgIpc) is 3.53. The quantitative estimate of drug-likeness (QED) is 0.136. The van der Waals surface area contributed by atoms with Crippen molar-refractivity contribution in [1.29, 1.82) is 0 Å². The van der Waals surface area contributed by atoms with Gasteiger partial charge in [-0.1, -0.05) is 94.6 Å². The van der Waals surface area contributed by atoms with Gasteiger partial charge in [-0.15, -0.1) is 32.8 Å². The van der Waals surface area contributed by atoms with Crippen molar-refractivity contribution in [2.75, 3.05) is 0 Å². The van der Waals surface area contributed by atoms with Crippen LogP contribution >= 0.6 is 0 Å². The molecule has 0 aliphatic carbocycles. The minimum Gasteiger partial charge on any atom is -0.456 e. The van der Waals surface area contributed by atoms with Gasteiger partial charge in [0.05, 0.1) is 0 Å². The number of hydrogen-bond acceptors (Lipinski definition) is 1. The topological polar surface area (TPSA) is 13.1 Å². The minimum absolute atomic E-state index is 0.920. The van der Waals surface area contributed by atoms with Gasteiger partial charge in [0, 0.05) is 10.8 Å². The van der Waals surface area contributed by atoms with Crippen molar-refractivity contribution < 1.29 is 4.42 Å². The van der Waals surface area contributed by atoms with Crippen LogP contribution in [0.5, 0.6) is 0 Å². The molecule has 9 rings (SSSR count). The molecule has 0 N–H and O–H groups in total. The fourth-order valence-corrected chi connectivity index (χ4v) is 9.43. The monoisotopic (exact) mass is 666 g/mol. The first-order chi connectivity index (χ1) is 25.5. The van der Waals surface area contributed by atoms with Gasteiger partial charge in [0.1, 0.15) is 89.6 Å². The van der Waals surface area contributed by atoms with Gasteiger partial charge in [-0.2, -0.15) is 0 Å². The maximum absolute atomic E-state index is 6.93. The zero-order chi connectivity index (χ0) is 37.0. The largest absolute Gasteiger partial charge is 0.456 e. The summed E-state index contributed by atoms with van der Waals surface area (Å²) < 4.78 is 6.93. The van der Waals surface area contributed by atoms with Crippen LogP contribution in [0.4, 0.5) is 0 Å². The van der Waals surface area contributed by atoms with E-state index in [0.717, 1.165) is 16.6 Å². The van der Waals surface area contributed by atoms with Crippen LogP contribution in [-0.2, 0) is 0 Å². The van der Waals surface area contributed by atoms with Gasteiger partial charge < -0.3 is 4.42 Å². The summed E-state index contributed by atoms with van der Waals surface area (Å²) in [7, 11) is 22.8. The molecule has 0 spiro atoms. The molecule has 1 aromatic heterocycles. The lowest BCUT2D eigenvalue weighted by atomic mass is 9.59. The molecule has 0 saturated carbocycles. The zero-order valence-electron chi connectivity index (χ0n) is 32.6. The third-order valence-corrected chi connectivity index (χ3v) is 13.2. The summed E-state index contributed by atoms with van der Waals surface area (Å²) in [5.74, 6) is 0. The first-order valence-corrected chi connectivity index (χ1v) is 18.9. The molecule has 0 saturated heterocycles. The van der Waals surface area contributed by atoms with Crippen LogP contribution in [0.2, 0.25) is 0 Å². The maximum Gasteiger partial charge on any atom is 0.139 e. The Bertz CT molecular complexity index is 2960. The van der Waals surface area contributed by atoms with E-state index in [-0.39, 0.29) is 0 Å². The van der Waals surface area contributed by atoms with E-state index in [4.69, 9.17) is 4.42 Å². The Kier molecular flexibility index (Phi) is 7.83. The summed E-state index contributed by atoms with van der Waals surface area (Å²) >= 11 is 0. The highest BCUT2D eigenvalue weighted by Gasteiger charge is 2.25. The Morgan fingerprint density at radius 3 is 1.25 bits per heavy atom. The predicted octanol–water partition coefficient (Wildman–Crippen LogP) is -5.37. The molecule has 11 heteroatoms. The van der Waals surface area contributed by atoms with Gasteiger partial charge in [-0.05, 0) is 90.0 Å². The van der Waals surface area contributed by atoms with E-state index in [1.165, 1.54) is 126 Å². The molecule has 1 nitrogen and oxygen atoms in total. The van der Waals surface area contributed by atoms with E-state index in [1.54, 1.807) is 0 Å². The lowest BCUT2D eigenvalue weighted by Gasteiger charge is -2.25. The second-order valence-corrected chi connectivity index (χ2v) is 15.5. The summed E-state index contributed by atoms with van der Waals surface area (Å²) in [6.07, 6.45) is 0. The SMILES string of the molecule is Bc1c(B)c(B)c(-c2cc(-c3c4ccccc4c(-c4c(B)c(B)c(B)c(B)c4B)c4ccccc34)c3c(c2)oc2cc4ccccc4cc23)c(B)c1B. The Hall–Kier alpha value is -5.01. The molecule has 53 heavy (non-hydrogen) atoms. The molecular formula is C42H36B10O. The van der Waals surface area contributed by atoms with Gasteiger partial charge in [0.15, 0.2) is 0 Å². The molecule has 9 aromatic rings. The van der Waals surface area contributed by atoms with Gasteiger partial charge in [-0.3, -0.25) is 0 Å². The second kappa shape index (κ2) is 12.3. The van der Waals surface area contributed by atoms with E-state index < -0.39 is 0 Å². The normalized spacial score (nSPS) is 11.8. The van der Waals surface area contributed by atoms with Crippen molar-refractivity contribution in [2.24, 2.45) is 0 Å². The maximum atomic E-state index is 6.93. The first-order valence-electron chi connectivity index (χ1n) is 18.9. The Morgan fingerprint density at radius 1 is 0.321 bits per heavy atom. The standard InChI is InChI=1S/C42H36B10O/c43-33-28(34(44)38(48)41(51)37(33)47)19-14-25(30-24-13-17-7-1-2-8-18(17)15-26(24)53-27(30)16-19)29-20-9-3-5-11-22(20)31(23-12-6-4-10-21(23)29)32-35(45)39(49)42(52)40(50)36(32)46/h1-16H,43-52H2. The van der Waals surface area contributed by atoms with E-state index in [9.17, 15) is 0 Å². The van der Waals surface area contributed by atoms with Gasteiger partial charge in [0.25, 0.3) is 0 Å². The van der Waals surface area contributed by atoms with E-state index in [0.29, 0.717) is 0 Å². The van der Waals surface area contributed by atoms with E-state index >= 15 is 0 Å². The molecule has 0 bridgehead atoms. The summed E-state index contributed by atoms with van der Waals surface area (Å²) in [4.78, 5) is 0. The summed E-state index contributed by atoms with van der Waals surface area (Å²) in [5.41, 5.74) is 23.1. The van der Waals surface area contributed by atoms with Crippen LogP contribution in [0.25, 0.3) is 87.6 Å². The smallest absolute Gasteiger partial charge is 0.139 e. The van der Waals surface area contributed by atoms with Crippen LogP contribution < -0.4 is 54.6 Å². The molecule has 0 aliphatic heterocycles. The Morgan fingerprint density at radius 2 is 0.736 bits per heavy atom. The Balaban J connectivity index is 1.50. The summed E-state index contributed by atoms with van der Waals surface area (Å²) in [6, 6.07) is 36.1. The molecule has 240 valence electrons. The fraction of sp³-hybridized carbons (Fsp3) is 0. The molecule has 8 aromatic carbocycles. The second-order valence-electron chi connectivity index (χ2n) is 15.5. The van der Waals surface area contributed by atoms with Crippen molar-refractivity contribution in [3.05, 3.63) is 97.1 Å². The highest BCUT2D eigenvalue weighted by molar-refractivity contribution is 6.70. The highest BCUT2D eigenvalue weighted by Crippen LogP contribution is 2.47. The lowest BCUT2D eigenvalue weighted by Crippen LogP contribution is -2.55. The number of furan rings is 1. The van der Waals surface area contributed by atoms with Crippen LogP contribution in [0, 0.1) is 0 Å². The van der Waals surface area contributed by atoms with E-state index in [2.05, 4.69) is 176 Å². The highest BCUT2D eigenvalue weighted by atomic mass is 16.3. The molecule has 1 heterocycles. The van der Waals surface area contributed by atoms with Crippen LogP contribution in [0.15, 0.2) is 101 Å². The third-order valence-electron chi connectivity index (χ3n) is 13.2. The number of hydrogen-bond donors (Lipinski definition) is 0. The molecule has 0 radical (unpaired) electrons. The molecule has 0 unspecified atom stereocenters. The van der Waals surface area contributed by atoms with Crippen molar-refractivity contribution in [3.8, 4) is 33.4 Å². The lowest BCUT2D eigenvalue weighted by molar-refractivity contribution is 0.669. The average molecular weight is 665 g/mol. The zero-order valence-corrected chi connectivity index (χ0v) is 32.6. The number of rotatable bonds is 3. The molecule has 0 atom stereocenters. The minimum atomic E-state index is 0.920. The van der Waals surface area contributed by atoms with Gasteiger partial charge in [-0.25, -0.2) is 0 Å². The van der Waals surface area contributed by atoms with Crippen molar-refractivity contribution in [1.82, 2.24) is 0 Å². The summed E-state index contributed by atoms with van der Waals surface area (Å²) in [5, 5.41) is 9.80. The molecular weight excluding hydrogens is 629 g/mol. The predicted molar refractivity (Wildman–Crippen MR) is 264 cm³/mol. The first kappa shape index (κ1) is 33.8. The molecule has 0 fully saturated rings. The van der Waals surface area contributed by atoms with Crippen LogP contribution in [0.3, 0.4) is 0 Å². The van der Waals surface area contributed by atoms with Crippen molar-refractivity contribution in [2.45, 2.75) is 0 Å². The number of benzene rings is 8. The molecule has 0 aliphatic rings. The van der Waals surface area contributed by atoms with Crippen molar-refractivity contribution >= 4 is 187 Å². The molecule has 0 amide bonds. The number of fused-ring (bicyclic) bond motifs is 6. The van der Waals surface area contributed by atoms with Crippen LogP contribution in [0.1, 0.15) is 0 Å². The van der Waals surface area contributed by atoms with E-state index in [1.807, 2.05) is 0 Å². The third kappa shape index (κ3) is 4.85. The fourth-order valence-electron chi connectivity index (χ4n) is 9.43. The Labute approximate surface area is 320 Å². The van der Waals surface area contributed by atoms with Crippen LogP contribution in [-0.4, -0.2) is 78.5 Å².